The zero-order chi connectivity index (χ0) is 11.7. The molecular formula is C13H19ClN2O. The van der Waals surface area contributed by atoms with Gasteiger partial charge in [0.25, 0.3) is 0 Å². The number of hydrogen-bond donors (Lipinski definition) is 1. The normalized spacial score (nSPS) is 20.2. The number of anilines is 1. The number of carbonyl (C=O) groups excluding carboxylic acids is 1. The number of fused-ring (bicyclic) bond motifs is 1. The van der Waals surface area contributed by atoms with Gasteiger partial charge in [-0.05, 0) is 30.9 Å². The molecule has 1 aliphatic rings. The SMILES string of the molecule is CC1CCN(C(=O)[C@@H](C)N)c2ccccc21.Cl. The molecule has 1 unspecified atom stereocenters. The van der Waals surface area contributed by atoms with Crippen LogP contribution in [0, 0.1) is 0 Å². The number of carbonyl (C=O) groups is 1. The average molecular weight is 255 g/mol. The van der Waals surface area contributed by atoms with Crippen molar-refractivity contribution in [2.75, 3.05) is 11.4 Å². The highest BCUT2D eigenvalue weighted by molar-refractivity contribution is 5.97. The van der Waals surface area contributed by atoms with Crippen molar-refractivity contribution in [3.05, 3.63) is 29.8 Å². The third-order valence-electron chi connectivity index (χ3n) is 3.20. The second-order valence-electron chi connectivity index (χ2n) is 4.53. The zero-order valence-corrected chi connectivity index (χ0v) is 11.0. The molecule has 1 aliphatic heterocycles. The van der Waals surface area contributed by atoms with Crippen LogP contribution >= 0.6 is 12.4 Å². The first kappa shape index (κ1) is 14.0. The summed E-state index contributed by atoms with van der Waals surface area (Å²) in [4.78, 5) is 13.8. The lowest BCUT2D eigenvalue weighted by Crippen LogP contribution is -2.44. The van der Waals surface area contributed by atoms with Crippen molar-refractivity contribution in [3.63, 3.8) is 0 Å². The molecule has 0 fully saturated rings. The molecule has 94 valence electrons. The summed E-state index contributed by atoms with van der Waals surface area (Å²) in [5, 5.41) is 0. The quantitative estimate of drug-likeness (QED) is 0.836. The van der Waals surface area contributed by atoms with E-state index >= 15 is 0 Å². The van der Waals surface area contributed by atoms with Crippen LogP contribution in [0.25, 0.3) is 0 Å². The fourth-order valence-corrected chi connectivity index (χ4v) is 2.22. The monoisotopic (exact) mass is 254 g/mol. The van der Waals surface area contributed by atoms with Crippen molar-refractivity contribution in [1.29, 1.82) is 0 Å². The third-order valence-corrected chi connectivity index (χ3v) is 3.20. The number of nitrogens with two attached hydrogens (primary N) is 1. The van der Waals surface area contributed by atoms with E-state index in [0.717, 1.165) is 18.7 Å². The number of halogens is 1. The molecule has 0 saturated heterocycles. The molecule has 0 spiro atoms. The van der Waals surface area contributed by atoms with Gasteiger partial charge in [-0.1, -0.05) is 25.1 Å². The Bertz CT molecular complexity index is 406. The van der Waals surface area contributed by atoms with Crippen LogP contribution in [0.1, 0.15) is 31.7 Å². The molecule has 17 heavy (non-hydrogen) atoms. The van der Waals surface area contributed by atoms with E-state index in [2.05, 4.69) is 13.0 Å². The van der Waals surface area contributed by atoms with Crippen LogP contribution < -0.4 is 10.6 Å². The molecule has 2 atom stereocenters. The Hall–Kier alpha value is -1.06. The predicted molar refractivity (Wildman–Crippen MR) is 72.7 cm³/mol. The summed E-state index contributed by atoms with van der Waals surface area (Å²) in [5.74, 6) is 0.535. The van der Waals surface area contributed by atoms with Crippen molar-refractivity contribution >= 4 is 24.0 Å². The van der Waals surface area contributed by atoms with Crippen molar-refractivity contribution in [2.45, 2.75) is 32.2 Å². The van der Waals surface area contributed by atoms with E-state index in [9.17, 15) is 4.79 Å². The average Bonchev–Trinajstić information content (AvgIpc) is 2.29. The van der Waals surface area contributed by atoms with Gasteiger partial charge in [-0.15, -0.1) is 12.4 Å². The van der Waals surface area contributed by atoms with E-state index in [1.807, 2.05) is 23.1 Å². The van der Waals surface area contributed by atoms with Crippen molar-refractivity contribution in [3.8, 4) is 0 Å². The number of rotatable bonds is 1. The Labute approximate surface area is 108 Å². The molecule has 2 N–H and O–H groups in total. The van der Waals surface area contributed by atoms with Crippen LogP contribution in [0.3, 0.4) is 0 Å². The molecule has 1 aromatic rings. The second kappa shape index (κ2) is 5.52. The summed E-state index contributed by atoms with van der Waals surface area (Å²) in [5.41, 5.74) is 7.95. The zero-order valence-electron chi connectivity index (χ0n) is 10.2. The van der Waals surface area contributed by atoms with Gasteiger partial charge in [0.05, 0.1) is 6.04 Å². The molecule has 1 amide bonds. The number of para-hydroxylation sites is 1. The van der Waals surface area contributed by atoms with Crippen molar-refractivity contribution in [1.82, 2.24) is 0 Å². The van der Waals surface area contributed by atoms with Crippen LogP contribution in [-0.4, -0.2) is 18.5 Å². The Morgan fingerprint density at radius 3 is 2.76 bits per heavy atom. The van der Waals surface area contributed by atoms with Gasteiger partial charge in [0.1, 0.15) is 0 Å². The summed E-state index contributed by atoms with van der Waals surface area (Å²) >= 11 is 0. The van der Waals surface area contributed by atoms with Crippen LogP contribution in [0.4, 0.5) is 5.69 Å². The molecule has 0 aromatic heterocycles. The molecule has 0 aliphatic carbocycles. The first-order chi connectivity index (χ1) is 7.61. The first-order valence-corrected chi connectivity index (χ1v) is 5.77. The first-order valence-electron chi connectivity index (χ1n) is 5.77. The molecular weight excluding hydrogens is 236 g/mol. The lowest BCUT2D eigenvalue weighted by Gasteiger charge is -2.33. The van der Waals surface area contributed by atoms with Crippen LogP contribution in [-0.2, 0) is 4.79 Å². The number of amides is 1. The van der Waals surface area contributed by atoms with Crippen LogP contribution in [0.15, 0.2) is 24.3 Å². The lowest BCUT2D eigenvalue weighted by atomic mass is 9.91. The molecule has 3 nitrogen and oxygen atoms in total. The Morgan fingerprint density at radius 1 is 1.47 bits per heavy atom. The van der Waals surface area contributed by atoms with Crippen LogP contribution in [0.2, 0.25) is 0 Å². The highest BCUT2D eigenvalue weighted by Gasteiger charge is 2.27. The molecule has 2 rings (SSSR count). The van der Waals surface area contributed by atoms with Gasteiger partial charge in [-0.3, -0.25) is 4.79 Å². The molecule has 4 heteroatoms. The molecule has 1 aromatic carbocycles. The minimum atomic E-state index is -0.429. The van der Waals surface area contributed by atoms with E-state index in [1.54, 1.807) is 6.92 Å². The van der Waals surface area contributed by atoms with Gasteiger partial charge in [0.15, 0.2) is 0 Å². The number of benzene rings is 1. The van der Waals surface area contributed by atoms with Crippen LogP contribution in [0.5, 0.6) is 0 Å². The van der Waals surface area contributed by atoms with Gasteiger partial charge >= 0.3 is 0 Å². The van der Waals surface area contributed by atoms with E-state index in [-0.39, 0.29) is 18.3 Å². The summed E-state index contributed by atoms with van der Waals surface area (Å²) in [6.45, 7) is 4.72. The van der Waals surface area contributed by atoms with E-state index in [1.165, 1.54) is 5.56 Å². The lowest BCUT2D eigenvalue weighted by molar-refractivity contribution is -0.119. The summed E-state index contributed by atoms with van der Waals surface area (Å²) in [6.07, 6.45) is 1.01. The second-order valence-corrected chi connectivity index (χ2v) is 4.53. The summed E-state index contributed by atoms with van der Waals surface area (Å²) < 4.78 is 0. The van der Waals surface area contributed by atoms with E-state index < -0.39 is 6.04 Å². The largest absolute Gasteiger partial charge is 0.320 e. The molecule has 0 saturated carbocycles. The number of nitrogens with zero attached hydrogens (tertiary/aromatic N) is 1. The molecule has 1 heterocycles. The van der Waals surface area contributed by atoms with Gasteiger partial charge in [-0.2, -0.15) is 0 Å². The minimum absolute atomic E-state index is 0. The maximum absolute atomic E-state index is 12.0. The predicted octanol–water partition coefficient (Wildman–Crippen LogP) is 2.30. The smallest absolute Gasteiger partial charge is 0.243 e. The molecule has 0 bridgehead atoms. The van der Waals surface area contributed by atoms with Gasteiger partial charge < -0.3 is 10.6 Å². The Kier molecular flexibility index (Phi) is 4.54. The highest BCUT2D eigenvalue weighted by Crippen LogP contribution is 2.34. The summed E-state index contributed by atoms with van der Waals surface area (Å²) in [7, 11) is 0. The van der Waals surface area contributed by atoms with Gasteiger partial charge in [0.2, 0.25) is 5.91 Å². The summed E-state index contributed by atoms with van der Waals surface area (Å²) in [6, 6.07) is 7.67. The molecule has 0 radical (unpaired) electrons. The number of hydrogen-bond acceptors (Lipinski definition) is 2. The minimum Gasteiger partial charge on any atom is -0.320 e. The Balaban J connectivity index is 0.00000144. The topological polar surface area (TPSA) is 46.3 Å². The maximum atomic E-state index is 12.0. The van der Waals surface area contributed by atoms with Gasteiger partial charge in [0, 0.05) is 12.2 Å². The maximum Gasteiger partial charge on any atom is 0.243 e. The fourth-order valence-electron chi connectivity index (χ4n) is 2.22. The Morgan fingerprint density at radius 2 is 2.12 bits per heavy atom. The van der Waals surface area contributed by atoms with Crippen molar-refractivity contribution in [2.24, 2.45) is 5.73 Å². The fraction of sp³-hybridized carbons (Fsp3) is 0.462. The third kappa shape index (κ3) is 2.61. The van der Waals surface area contributed by atoms with E-state index in [4.69, 9.17) is 5.73 Å². The van der Waals surface area contributed by atoms with Crippen molar-refractivity contribution < 1.29 is 4.79 Å². The van der Waals surface area contributed by atoms with E-state index in [0.29, 0.717) is 5.92 Å². The standard InChI is InChI=1S/C13H18N2O.ClH/c1-9-7-8-15(13(16)10(2)14)12-6-4-3-5-11(9)12;/h3-6,9-10H,7-8,14H2,1-2H3;1H/t9?,10-;/m1./s1. The highest BCUT2D eigenvalue weighted by atomic mass is 35.5. The van der Waals surface area contributed by atoms with Gasteiger partial charge in [-0.25, -0.2) is 0 Å².